The second kappa shape index (κ2) is 7.14. The summed E-state index contributed by atoms with van der Waals surface area (Å²) in [5.41, 5.74) is 2.91. The third-order valence-electron chi connectivity index (χ3n) is 3.44. The topological polar surface area (TPSA) is 71.8 Å². The highest BCUT2D eigenvalue weighted by Gasteiger charge is 2.10. The van der Waals surface area contributed by atoms with Gasteiger partial charge in [-0.2, -0.15) is 0 Å². The Labute approximate surface area is 144 Å². The van der Waals surface area contributed by atoms with E-state index in [4.69, 9.17) is 11.6 Å². The minimum atomic E-state index is -0.202. The number of hydrogen-bond acceptors (Lipinski definition) is 4. The normalized spacial score (nSPS) is 10.4. The monoisotopic (exact) mass is 341 g/mol. The van der Waals surface area contributed by atoms with Gasteiger partial charge in [-0.05, 0) is 49.4 Å². The van der Waals surface area contributed by atoms with Gasteiger partial charge in [-0.3, -0.25) is 9.36 Å². The summed E-state index contributed by atoms with van der Waals surface area (Å²) >= 11 is 6.03. The molecule has 6 nitrogen and oxygen atoms in total. The number of carbonyl (C=O) groups excluding carboxylic acids is 1. The Kier molecular flexibility index (Phi) is 4.77. The van der Waals surface area contributed by atoms with Crippen LogP contribution in [0, 0.1) is 0 Å². The van der Waals surface area contributed by atoms with Crippen molar-refractivity contribution >= 4 is 28.9 Å². The molecule has 3 rings (SSSR count). The Morgan fingerprint density at radius 3 is 2.46 bits per heavy atom. The number of anilines is 2. The molecule has 0 unspecified atom stereocenters. The average molecular weight is 342 g/mol. The summed E-state index contributed by atoms with van der Waals surface area (Å²) in [5.74, 6) is -0.202. The van der Waals surface area contributed by atoms with Crippen molar-refractivity contribution in [2.24, 2.45) is 0 Å². The Hall–Kier alpha value is -2.86. The fourth-order valence-corrected chi connectivity index (χ4v) is 2.45. The van der Waals surface area contributed by atoms with Crippen molar-refractivity contribution in [1.29, 1.82) is 0 Å². The third kappa shape index (κ3) is 3.55. The van der Waals surface area contributed by atoms with E-state index in [1.54, 1.807) is 41.5 Å². The second-order valence-corrected chi connectivity index (χ2v) is 5.53. The number of rotatable bonds is 5. The Balaban J connectivity index is 1.79. The van der Waals surface area contributed by atoms with Crippen LogP contribution in [0.15, 0.2) is 55.1 Å². The van der Waals surface area contributed by atoms with Crippen molar-refractivity contribution in [3.8, 4) is 5.69 Å². The van der Waals surface area contributed by atoms with Gasteiger partial charge in [0.1, 0.15) is 12.7 Å². The molecule has 2 N–H and O–H groups in total. The number of hydrogen-bond donors (Lipinski definition) is 2. The molecule has 7 heteroatoms. The van der Waals surface area contributed by atoms with Crippen LogP contribution in [-0.4, -0.2) is 27.2 Å². The van der Waals surface area contributed by atoms with Crippen LogP contribution < -0.4 is 10.6 Å². The lowest BCUT2D eigenvalue weighted by molar-refractivity contribution is 0.102. The Morgan fingerprint density at radius 2 is 1.79 bits per heavy atom. The number of benzene rings is 2. The molecule has 0 atom stereocenters. The van der Waals surface area contributed by atoms with Crippen molar-refractivity contribution in [2.75, 3.05) is 17.2 Å². The average Bonchev–Trinajstić information content (AvgIpc) is 3.12. The summed E-state index contributed by atoms with van der Waals surface area (Å²) in [7, 11) is 0. The van der Waals surface area contributed by atoms with Gasteiger partial charge in [0.15, 0.2) is 0 Å². The molecule has 0 aliphatic rings. The van der Waals surface area contributed by atoms with Gasteiger partial charge in [-0.15, -0.1) is 10.2 Å². The van der Waals surface area contributed by atoms with Crippen LogP contribution in [-0.2, 0) is 0 Å². The number of nitrogens with one attached hydrogen (secondary N) is 2. The first kappa shape index (κ1) is 16.0. The molecule has 24 heavy (non-hydrogen) atoms. The summed E-state index contributed by atoms with van der Waals surface area (Å²) in [6, 6.07) is 12.5. The first-order valence-corrected chi connectivity index (χ1v) is 7.85. The summed E-state index contributed by atoms with van der Waals surface area (Å²) in [5, 5.41) is 14.2. The summed E-state index contributed by atoms with van der Waals surface area (Å²) < 4.78 is 1.77. The van der Waals surface area contributed by atoms with Crippen molar-refractivity contribution in [3.05, 3.63) is 65.7 Å². The highest BCUT2D eigenvalue weighted by molar-refractivity contribution is 6.31. The smallest absolute Gasteiger partial charge is 0.255 e. The van der Waals surface area contributed by atoms with Crippen LogP contribution in [0.3, 0.4) is 0 Å². The molecule has 3 aromatic rings. The maximum Gasteiger partial charge on any atom is 0.255 e. The Morgan fingerprint density at radius 1 is 1.08 bits per heavy atom. The number of nitrogens with zero attached hydrogens (tertiary/aromatic N) is 3. The second-order valence-electron chi connectivity index (χ2n) is 5.09. The number of aromatic nitrogens is 3. The van der Waals surface area contributed by atoms with E-state index in [2.05, 4.69) is 20.8 Å². The molecule has 122 valence electrons. The third-order valence-corrected chi connectivity index (χ3v) is 3.68. The lowest BCUT2D eigenvalue weighted by atomic mass is 10.1. The quantitative estimate of drug-likeness (QED) is 0.743. The van der Waals surface area contributed by atoms with Gasteiger partial charge in [0, 0.05) is 22.8 Å². The van der Waals surface area contributed by atoms with Crippen LogP contribution in [0.4, 0.5) is 11.4 Å². The molecule has 0 saturated carbocycles. The highest BCUT2D eigenvalue weighted by Crippen LogP contribution is 2.26. The summed E-state index contributed by atoms with van der Waals surface area (Å²) in [4.78, 5) is 12.5. The molecule has 1 aromatic heterocycles. The van der Waals surface area contributed by atoms with Gasteiger partial charge in [-0.1, -0.05) is 11.6 Å². The van der Waals surface area contributed by atoms with E-state index >= 15 is 0 Å². The predicted octanol–water partition coefficient (Wildman–Crippen LogP) is 3.60. The van der Waals surface area contributed by atoms with E-state index in [0.29, 0.717) is 16.3 Å². The van der Waals surface area contributed by atoms with Gasteiger partial charge >= 0.3 is 0 Å². The molecule has 2 aromatic carbocycles. The van der Waals surface area contributed by atoms with Crippen LogP contribution in [0.5, 0.6) is 0 Å². The lowest BCUT2D eigenvalue weighted by Crippen LogP contribution is -2.13. The van der Waals surface area contributed by atoms with Crippen LogP contribution in [0.25, 0.3) is 5.69 Å². The molecule has 1 heterocycles. The standard InChI is InChI=1S/C17H16ClN5O/c1-2-19-15-8-5-13(18)9-16(15)22-17(24)12-3-6-14(7-4-12)23-10-20-21-11-23/h3-11,19H,2H2,1H3,(H,22,24). The highest BCUT2D eigenvalue weighted by atomic mass is 35.5. The molecule has 1 amide bonds. The van der Waals surface area contributed by atoms with Gasteiger partial charge < -0.3 is 10.6 Å². The number of amides is 1. The zero-order valence-electron chi connectivity index (χ0n) is 13.0. The maximum absolute atomic E-state index is 12.5. The van der Waals surface area contributed by atoms with Crippen LogP contribution in [0.2, 0.25) is 5.02 Å². The predicted molar refractivity (Wildman–Crippen MR) is 94.9 cm³/mol. The SMILES string of the molecule is CCNc1ccc(Cl)cc1NC(=O)c1ccc(-n2cnnc2)cc1. The minimum Gasteiger partial charge on any atom is -0.384 e. The van der Waals surface area contributed by atoms with E-state index in [-0.39, 0.29) is 5.91 Å². The molecule has 0 spiro atoms. The molecule has 0 fully saturated rings. The van der Waals surface area contributed by atoms with Gasteiger partial charge in [0.05, 0.1) is 11.4 Å². The molecule has 0 radical (unpaired) electrons. The van der Waals surface area contributed by atoms with Gasteiger partial charge in [0.25, 0.3) is 5.91 Å². The zero-order chi connectivity index (χ0) is 16.9. The summed E-state index contributed by atoms with van der Waals surface area (Å²) in [6.45, 7) is 2.74. The minimum absolute atomic E-state index is 0.202. The van der Waals surface area contributed by atoms with Crippen LogP contribution >= 0.6 is 11.6 Å². The van der Waals surface area contributed by atoms with Crippen molar-refractivity contribution < 1.29 is 4.79 Å². The van der Waals surface area contributed by atoms with Gasteiger partial charge in [0.2, 0.25) is 0 Å². The number of carbonyl (C=O) groups is 1. The molecule has 0 aliphatic heterocycles. The van der Waals surface area contributed by atoms with E-state index < -0.39 is 0 Å². The first-order chi connectivity index (χ1) is 11.7. The molecule has 0 saturated heterocycles. The Bertz CT molecular complexity index is 831. The summed E-state index contributed by atoms with van der Waals surface area (Å²) in [6.07, 6.45) is 3.20. The molecular weight excluding hydrogens is 326 g/mol. The maximum atomic E-state index is 12.5. The fourth-order valence-electron chi connectivity index (χ4n) is 2.28. The number of halogens is 1. The lowest BCUT2D eigenvalue weighted by Gasteiger charge is -2.13. The molecule has 0 bridgehead atoms. The van der Waals surface area contributed by atoms with Crippen LogP contribution in [0.1, 0.15) is 17.3 Å². The van der Waals surface area contributed by atoms with E-state index in [1.165, 1.54) is 0 Å². The molecule has 0 aliphatic carbocycles. The van der Waals surface area contributed by atoms with E-state index in [0.717, 1.165) is 17.9 Å². The molecular formula is C17H16ClN5O. The van der Waals surface area contributed by atoms with Crippen molar-refractivity contribution in [3.63, 3.8) is 0 Å². The van der Waals surface area contributed by atoms with Crippen molar-refractivity contribution in [1.82, 2.24) is 14.8 Å². The van der Waals surface area contributed by atoms with Gasteiger partial charge in [-0.25, -0.2) is 0 Å². The first-order valence-electron chi connectivity index (χ1n) is 7.47. The van der Waals surface area contributed by atoms with E-state index in [9.17, 15) is 4.79 Å². The van der Waals surface area contributed by atoms with E-state index in [1.807, 2.05) is 25.1 Å². The zero-order valence-corrected chi connectivity index (χ0v) is 13.8. The van der Waals surface area contributed by atoms with Crippen molar-refractivity contribution in [2.45, 2.75) is 6.92 Å². The largest absolute Gasteiger partial charge is 0.384 e. The fraction of sp³-hybridized carbons (Fsp3) is 0.118.